The minimum Gasteiger partial charge on any atom is -0.311 e. The van der Waals surface area contributed by atoms with E-state index in [1.807, 2.05) is 12.3 Å². The standard InChI is InChI=1S/C14H23N3/c1-3-12-10-17(14(4-2)9-16-12)11-13-7-5-6-8-15-13/h5-8,12,14,16H,3-4,9-11H2,1-2H3. The summed E-state index contributed by atoms with van der Waals surface area (Å²) >= 11 is 0. The van der Waals surface area contributed by atoms with Gasteiger partial charge in [-0.25, -0.2) is 0 Å². The van der Waals surface area contributed by atoms with Gasteiger partial charge in [0.15, 0.2) is 0 Å². The Kier molecular flexibility index (Phi) is 4.51. The summed E-state index contributed by atoms with van der Waals surface area (Å²) in [6, 6.07) is 7.47. The van der Waals surface area contributed by atoms with Crippen LogP contribution in [0.5, 0.6) is 0 Å². The van der Waals surface area contributed by atoms with Crippen molar-refractivity contribution in [3.8, 4) is 0 Å². The van der Waals surface area contributed by atoms with E-state index in [0.717, 1.165) is 19.6 Å². The summed E-state index contributed by atoms with van der Waals surface area (Å²) in [4.78, 5) is 7.01. The maximum absolute atomic E-state index is 4.43. The lowest BCUT2D eigenvalue weighted by atomic mass is 10.0. The van der Waals surface area contributed by atoms with Crippen LogP contribution in [0.15, 0.2) is 24.4 Å². The van der Waals surface area contributed by atoms with Crippen molar-refractivity contribution in [3.63, 3.8) is 0 Å². The molecule has 0 radical (unpaired) electrons. The maximum Gasteiger partial charge on any atom is 0.0544 e. The topological polar surface area (TPSA) is 28.2 Å². The van der Waals surface area contributed by atoms with E-state index in [4.69, 9.17) is 0 Å². The quantitative estimate of drug-likeness (QED) is 0.862. The summed E-state index contributed by atoms with van der Waals surface area (Å²) < 4.78 is 0. The minimum absolute atomic E-state index is 0.640. The Morgan fingerprint density at radius 2 is 2.24 bits per heavy atom. The van der Waals surface area contributed by atoms with Crippen LogP contribution in [0.3, 0.4) is 0 Å². The number of nitrogens with zero attached hydrogens (tertiary/aromatic N) is 2. The second-order valence-corrected chi connectivity index (χ2v) is 4.83. The molecule has 2 unspecified atom stereocenters. The summed E-state index contributed by atoms with van der Waals surface area (Å²) in [5.41, 5.74) is 1.18. The third kappa shape index (κ3) is 3.27. The van der Waals surface area contributed by atoms with Gasteiger partial charge in [-0.3, -0.25) is 9.88 Å². The minimum atomic E-state index is 0.640. The van der Waals surface area contributed by atoms with E-state index in [9.17, 15) is 0 Å². The van der Waals surface area contributed by atoms with E-state index in [2.05, 4.69) is 41.2 Å². The van der Waals surface area contributed by atoms with Crippen molar-refractivity contribution in [2.45, 2.75) is 45.3 Å². The van der Waals surface area contributed by atoms with Crippen LogP contribution in [0.25, 0.3) is 0 Å². The third-order valence-electron chi connectivity index (χ3n) is 3.67. The van der Waals surface area contributed by atoms with Gasteiger partial charge in [0.05, 0.1) is 5.69 Å². The molecule has 0 aromatic carbocycles. The molecule has 2 rings (SSSR count). The molecule has 2 atom stereocenters. The van der Waals surface area contributed by atoms with E-state index < -0.39 is 0 Å². The first kappa shape index (κ1) is 12.5. The number of piperazine rings is 1. The van der Waals surface area contributed by atoms with Crippen LogP contribution in [-0.2, 0) is 6.54 Å². The zero-order valence-corrected chi connectivity index (χ0v) is 10.9. The van der Waals surface area contributed by atoms with E-state index >= 15 is 0 Å². The highest BCUT2D eigenvalue weighted by Crippen LogP contribution is 2.14. The van der Waals surface area contributed by atoms with Gasteiger partial charge >= 0.3 is 0 Å². The molecule has 1 fully saturated rings. The van der Waals surface area contributed by atoms with E-state index in [1.54, 1.807) is 0 Å². The van der Waals surface area contributed by atoms with Crippen LogP contribution in [-0.4, -0.2) is 35.1 Å². The van der Waals surface area contributed by atoms with E-state index in [0.29, 0.717) is 12.1 Å². The molecule has 0 saturated carbocycles. The van der Waals surface area contributed by atoms with Crippen molar-refractivity contribution < 1.29 is 0 Å². The van der Waals surface area contributed by atoms with E-state index in [1.165, 1.54) is 18.5 Å². The normalized spacial score (nSPS) is 26.0. The highest BCUT2D eigenvalue weighted by Gasteiger charge is 2.25. The molecule has 0 bridgehead atoms. The average molecular weight is 233 g/mol. The zero-order valence-electron chi connectivity index (χ0n) is 10.9. The Morgan fingerprint density at radius 1 is 1.35 bits per heavy atom. The van der Waals surface area contributed by atoms with Gasteiger partial charge in [0.2, 0.25) is 0 Å². The summed E-state index contributed by atoms with van der Waals surface area (Å²) in [6.07, 6.45) is 4.29. The molecule has 94 valence electrons. The van der Waals surface area contributed by atoms with Crippen molar-refractivity contribution in [2.24, 2.45) is 0 Å². The molecule has 1 saturated heterocycles. The van der Waals surface area contributed by atoms with Crippen molar-refractivity contribution >= 4 is 0 Å². The lowest BCUT2D eigenvalue weighted by Gasteiger charge is -2.39. The molecular weight excluding hydrogens is 210 g/mol. The number of nitrogens with one attached hydrogen (secondary N) is 1. The van der Waals surface area contributed by atoms with Crippen molar-refractivity contribution in [1.82, 2.24) is 15.2 Å². The number of pyridine rings is 1. The van der Waals surface area contributed by atoms with Gasteiger partial charge in [-0.1, -0.05) is 19.9 Å². The molecule has 1 aromatic heterocycles. The van der Waals surface area contributed by atoms with Crippen molar-refractivity contribution in [3.05, 3.63) is 30.1 Å². The van der Waals surface area contributed by atoms with Crippen LogP contribution in [0, 0.1) is 0 Å². The summed E-state index contributed by atoms with van der Waals surface area (Å²) in [5.74, 6) is 0. The number of rotatable bonds is 4. The van der Waals surface area contributed by atoms with Gasteiger partial charge < -0.3 is 5.32 Å². The first-order chi connectivity index (χ1) is 8.33. The molecule has 0 amide bonds. The SMILES string of the molecule is CCC1CN(Cc2ccccn2)C(CC)CN1. The lowest BCUT2D eigenvalue weighted by Crippen LogP contribution is -2.55. The molecule has 1 aliphatic heterocycles. The molecule has 0 spiro atoms. The smallest absolute Gasteiger partial charge is 0.0544 e. The largest absolute Gasteiger partial charge is 0.311 e. The van der Waals surface area contributed by atoms with Crippen molar-refractivity contribution in [1.29, 1.82) is 0 Å². The predicted octanol–water partition coefficient (Wildman–Crippen LogP) is 2.04. The molecule has 2 heterocycles. The fraction of sp³-hybridized carbons (Fsp3) is 0.643. The van der Waals surface area contributed by atoms with E-state index in [-0.39, 0.29) is 0 Å². The second kappa shape index (κ2) is 6.12. The highest BCUT2D eigenvalue weighted by molar-refractivity contribution is 5.04. The van der Waals surface area contributed by atoms with Gasteiger partial charge in [-0.2, -0.15) is 0 Å². The first-order valence-electron chi connectivity index (χ1n) is 6.70. The monoisotopic (exact) mass is 233 g/mol. The predicted molar refractivity (Wildman–Crippen MR) is 70.8 cm³/mol. The summed E-state index contributed by atoms with van der Waals surface area (Å²) in [6.45, 7) is 7.76. The molecule has 1 N–H and O–H groups in total. The highest BCUT2D eigenvalue weighted by atomic mass is 15.2. The van der Waals surface area contributed by atoms with Crippen LogP contribution in [0.1, 0.15) is 32.4 Å². The Balaban J connectivity index is 2.00. The van der Waals surface area contributed by atoms with Gasteiger partial charge in [0.1, 0.15) is 0 Å². The van der Waals surface area contributed by atoms with Crippen LogP contribution >= 0.6 is 0 Å². The fourth-order valence-electron chi connectivity index (χ4n) is 2.50. The molecule has 0 aliphatic carbocycles. The first-order valence-corrected chi connectivity index (χ1v) is 6.70. The Hall–Kier alpha value is -0.930. The maximum atomic E-state index is 4.43. The average Bonchev–Trinajstić information content (AvgIpc) is 2.40. The number of aromatic nitrogens is 1. The van der Waals surface area contributed by atoms with Gasteiger partial charge in [0, 0.05) is 37.9 Å². The van der Waals surface area contributed by atoms with Gasteiger partial charge in [-0.05, 0) is 25.0 Å². The third-order valence-corrected chi connectivity index (χ3v) is 3.67. The molecule has 17 heavy (non-hydrogen) atoms. The van der Waals surface area contributed by atoms with Gasteiger partial charge in [0.25, 0.3) is 0 Å². The van der Waals surface area contributed by atoms with Crippen LogP contribution in [0.2, 0.25) is 0 Å². The Bertz CT molecular complexity index is 325. The second-order valence-electron chi connectivity index (χ2n) is 4.83. The molecular formula is C14H23N3. The number of hydrogen-bond donors (Lipinski definition) is 1. The van der Waals surface area contributed by atoms with Gasteiger partial charge in [-0.15, -0.1) is 0 Å². The lowest BCUT2D eigenvalue weighted by molar-refractivity contribution is 0.116. The molecule has 1 aliphatic rings. The Labute approximate surface area is 104 Å². The molecule has 3 heteroatoms. The number of hydrogen-bond acceptors (Lipinski definition) is 3. The summed E-state index contributed by atoms with van der Waals surface area (Å²) in [5, 5.41) is 3.62. The zero-order chi connectivity index (χ0) is 12.1. The van der Waals surface area contributed by atoms with Crippen LogP contribution < -0.4 is 5.32 Å². The van der Waals surface area contributed by atoms with Crippen LogP contribution in [0.4, 0.5) is 0 Å². The molecule has 1 aromatic rings. The summed E-state index contributed by atoms with van der Waals surface area (Å²) in [7, 11) is 0. The Morgan fingerprint density at radius 3 is 2.88 bits per heavy atom. The van der Waals surface area contributed by atoms with Crippen molar-refractivity contribution in [2.75, 3.05) is 13.1 Å². The fourth-order valence-corrected chi connectivity index (χ4v) is 2.50. The molecule has 3 nitrogen and oxygen atoms in total.